The molecule has 670 valence electrons. The van der Waals surface area contributed by atoms with Crippen LogP contribution < -0.4 is 24.2 Å². The molecule has 0 heterocycles. The Balaban J connectivity index is 0.000000285. The molecule has 2 saturated carbocycles. The molecule has 6 aromatic rings. The molecule has 0 aliphatic heterocycles. The molecule has 2 N–H and O–H groups in total. The van der Waals surface area contributed by atoms with E-state index in [9.17, 15) is 142 Å². The fourth-order valence-electron chi connectivity index (χ4n) is 11.2. The Morgan fingerprint density at radius 2 is 0.878 bits per heavy atom. The third-order valence-corrected chi connectivity index (χ3v) is 30.0. The molecule has 2 fully saturated rings. The van der Waals surface area contributed by atoms with Gasteiger partial charge in [-0.15, -0.1) is 0 Å². The molecule has 0 radical (unpaired) electrons. The van der Waals surface area contributed by atoms with E-state index in [-0.39, 0.29) is 81.9 Å². The fraction of sp³-hybridized carbons (Fsp3) is 0.343. The number of esters is 7. The van der Waals surface area contributed by atoms with Crippen LogP contribution in [0.25, 0.3) is 0 Å². The van der Waals surface area contributed by atoms with E-state index in [2.05, 4.69) is 32.1 Å². The number of sulfonamides is 1. The molecule has 56 heteroatoms. The number of anilines is 2. The summed E-state index contributed by atoms with van der Waals surface area (Å²) in [5.41, 5.74) is -7.69. The highest BCUT2D eigenvalue weighted by Crippen LogP contribution is 2.51. The maximum absolute atomic E-state index is 13.1. The molecule has 123 heavy (non-hydrogen) atoms. The van der Waals surface area contributed by atoms with Gasteiger partial charge in [0.05, 0.1) is 114 Å². The van der Waals surface area contributed by atoms with Gasteiger partial charge in [-0.05, 0) is 314 Å². The first-order chi connectivity index (χ1) is 56.8. The van der Waals surface area contributed by atoms with Gasteiger partial charge < -0.3 is 52.1 Å². The minimum atomic E-state index is -5.75. The van der Waals surface area contributed by atoms with E-state index >= 15 is 0 Å². The molecule has 2 aliphatic carbocycles. The highest BCUT2D eigenvalue weighted by atomic mass is 127. The van der Waals surface area contributed by atoms with Crippen molar-refractivity contribution in [2.24, 2.45) is 29.6 Å². The normalized spacial score (nSPS) is 15.5. The second-order valence-corrected chi connectivity index (χ2v) is 42.0. The molecule has 37 nitrogen and oxygen atoms in total. The maximum Gasteiger partial charge on any atom is 0.516 e. The Labute approximate surface area is 814 Å². The Morgan fingerprint density at radius 3 is 1.26 bits per heavy atom. The van der Waals surface area contributed by atoms with Crippen LogP contribution in [0.1, 0.15) is 98.5 Å². The van der Waals surface area contributed by atoms with E-state index in [0.717, 1.165) is 55.7 Å². The second-order valence-electron chi connectivity index (χ2n) is 25.4. The molecular formula is C67H53F6I9N5O32S4-3. The molecule has 6 atom stereocenters. The standard InChI is InChI=1S/C24H20I3NO11S.C22H18F3I3N2O10S.C21H18F3I3N2O11S2/c25-14-9-16(21(27)17(26)10-14)24(31)39-20-7-11(1-2-18(20)28(32)33)22(29)38-19-8-12-5-13(19)6-15(12)23(30)37-3-4-40(34,35)36;1-2-10(7-12-13(26)9-14(27)18(17(12)28)29-21(33)22(23,24)25)20(32)40-16-8-11(3-4-15(16)30(34)35)19(31)39-5-6-41(36,37)38;1-2-10(7-12-13(25)9-14(26)18(17(12)27)28-42(37,38)21(22,23)24)20(31)40-16-8-11(3-4-15(16)29(32)33)19(30)39-5-6-41(34,35)36/h1-2,7,9-10,12-13,15,19H,3-6,8H2,(H,34,35,36);3-4,8-10H,2,5-7H2,1H3,(H,29,33)(H,36,37,38);3-4,8-10,28H,2,5-7H2,1H3,(H,34,35,36)/p-3. The third kappa shape index (κ3) is 31.1. The lowest BCUT2D eigenvalue weighted by molar-refractivity contribution is -0.385. The largest absolute Gasteiger partial charge is 0.748 e. The van der Waals surface area contributed by atoms with Crippen LogP contribution in [-0.2, 0) is 91.3 Å². The number of ether oxygens (including phenoxy) is 7. The van der Waals surface area contributed by atoms with Crippen molar-refractivity contribution in [3.05, 3.63) is 175 Å². The summed E-state index contributed by atoms with van der Waals surface area (Å²) >= 11 is 16.7. The monoisotopic (exact) mass is 2820 g/mol. The number of carbonyl (C=O) groups is 8. The first-order valence-corrected chi connectivity index (χ1v) is 49.7. The van der Waals surface area contributed by atoms with Crippen LogP contribution in [0.3, 0.4) is 0 Å². The lowest BCUT2D eigenvalue weighted by Gasteiger charge is -2.26. The topological polar surface area (TPSA) is 560 Å². The Hall–Kier alpha value is -5.09. The van der Waals surface area contributed by atoms with Crippen LogP contribution in [0, 0.1) is 92.1 Å². The van der Waals surface area contributed by atoms with Crippen molar-refractivity contribution in [3.63, 3.8) is 0 Å². The van der Waals surface area contributed by atoms with Crippen molar-refractivity contribution in [3.8, 4) is 17.2 Å². The maximum atomic E-state index is 13.1. The van der Waals surface area contributed by atoms with Gasteiger partial charge in [0.1, 0.15) is 25.9 Å². The van der Waals surface area contributed by atoms with Crippen LogP contribution in [0.15, 0.2) is 78.9 Å². The van der Waals surface area contributed by atoms with Crippen molar-refractivity contribution in [1.29, 1.82) is 0 Å². The first kappa shape index (κ1) is 107. The number of hydrogen-bond donors (Lipinski definition) is 2. The number of nitrogens with zero attached hydrogens (tertiary/aromatic N) is 3. The Kier molecular flexibility index (Phi) is 39.4. The van der Waals surface area contributed by atoms with Crippen molar-refractivity contribution in [2.45, 2.75) is 76.6 Å². The number of hydrogen-bond acceptors (Lipinski definition) is 32. The van der Waals surface area contributed by atoms with E-state index in [1.54, 1.807) is 110 Å². The molecule has 0 spiro atoms. The Bertz CT molecular complexity index is 5690. The highest BCUT2D eigenvalue weighted by Gasteiger charge is 2.51. The van der Waals surface area contributed by atoms with Gasteiger partial charge in [-0.25, -0.2) is 44.4 Å². The number of benzene rings is 6. The van der Waals surface area contributed by atoms with Crippen molar-refractivity contribution in [1.82, 2.24) is 0 Å². The molecule has 6 aromatic carbocycles. The first-order valence-electron chi connectivity index (χ1n) is 33.7. The van der Waals surface area contributed by atoms with E-state index in [1.165, 1.54) is 22.9 Å². The SMILES string of the molecule is CCC(Cc1c(I)cc(I)c(NC(=O)C(F)(F)F)c1I)C(=O)Oc1cc(C(=O)OCCS(=O)(=O)[O-])ccc1[N+](=O)[O-].CCC(Cc1c(I)cc(I)c(NS(=O)(=O)C(F)(F)F)c1I)C(=O)Oc1cc(C(=O)OCCS(=O)(=O)[O-])ccc1[N+](=O)[O-].O=C(OC1CC2CC1CC2C(=O)OCCS(=O)(=O)[O-])c1ccc([N+](=O)[O-])c(OC(=O)c2cc(I)cc(I)c2I)c1. The lowest BCUT2D eigenvalue weighted by Crippen LogP contribution is -2.32. The zero-order valence-corrected chi connectivity index (χ0v) is 84.1. The number of rotatable bonds is 32. The van der Waals surface area contributed by atoms with E-state index in [4.69, 9.17) is 23.7 Å². The number of nitrogens with one attached hydrogen (secondary N) is 2. The van der Waals surface area contributed by atoms with Crippen molar-refractivity contribution >= 4 is 320 Å². The number of amides is 1. The molecule has 0 aromatic heterocycles. The Morgan fingerprint density at radius 1 is 0.480 bits per heavy atom. The summed E-state index contributed by atoms with van der Waals surface area (Å²) in [5.74, 6) is -15.8. The van der Waals surface area contributed by atoms with Crippen LogP contribution in [0.4, 0.5) is 54.8 Å². The molecule has 6 unspecified atom stereocenters. The molecule has 2 aliphatic rings. The minimum absolute atomic E-state index is 0.0436. The number of fused-ring (bicyclic) bond motifs is 2. The lowest BCUT2D eigenvalue weighted by atomic mass is 9.87. The molecule has 0 saturated heterocycles. The summed E-state index contributed by atoms with van der Waals surface area (Å²) in [4.78, 5) is 132. The average Bonchev–Trinajstić information content (AvgIpc) is 1.61. The summed E-state index contributed by atoms with van der Waals surface area (Å²) in [5, 5.41) is 36.4. The van der Waals surface area contributed by atoms with Crippen molar-refractivity contribution in [2.75, 3.05) is 47.1 Å². The van der Waals surface area contributed by atoms with Crippen molar-refractivity contribution < 1.29 is 160 Å². The summed E-state index contributed by atoms with van der Waals surface area (Å²) in [6.45, 7) is 1.11. The van der Waals surface area contributed by atoms with Crippen LogP contribution >= 0.6 is 203 Å². The number of nitro benzene ring substituents is 3. The number of halogens is 15. The van der Waals surface area contributed by atoms with Gasteiger partial charge in [-0.1, -0.05) is 13.8 Å². The molecule has 2 bridgehead atoms. The summed E-state index contributed by atoms with van der Waals surface area (Å²) in [6, 6.07) is 15.1. The van der Waals surface area contributed by atoms with Crippen LogP contribution in [0.2, 0.25) is 0 Å². The fourth-order valence-corrected chi connectivity index (χ4v) is 23.6. The summed E-state index contributed by atoms with van der Waals surface area (Å²) in [7, 11) is -19.6. The zero-order chi connectivity index (χ0) is 92.8. The number of carbonyl (C=O) groups excluding carboxylic acids is 8. The highest BCUT2D eigenvalue weighted by molar-refractivity contribution is 14.1. The van der Waals surface area contributed by atoms with Gasteiger partial charge in [0.25, 0.3) is 0 Å². The smallest absolute Gasteiger partial charge is 0.516 e. The summed E-state index contributed by atoms with van der Waals surface area (Å²) in [6.07, 6.45) is -4.28. The summed E-state index contributed by atoms with van der Waals surface area (Å²) < 4.78 is 239. The van der Waals surface area contributed by atoms with E-state index in [0.29, 0.717) is 44.7 Å². The van der Waals surface area contributed by atoms with Gasteiger partial charge in [0.15, 0.2) is 0 Å². The number of alkyl halides is 6. The van der Waals surface area contributed by atoms with Gasteiger partial charge in [-0.2, -0.15) is 34.8 Å². The second kappa shape index (κ2) is 45.4. The number of nitro groups is 3. The predicted molar refractivity (Wildman–Crippen MR) is 486 cm³/mol. The molecular weight excluding hydrogens is 2770 g/mol. The molecule has 1 amide bonds. The van der Waals surface area contributed by atoms with Crippen LogP contribution in [-0.4, -0.2) is 165 Å². The quantitative estimate of drug-likeness (QED) is 0.00456. The van der Waals surface area contributed by atoms with Gasteiger partial charge in [-0.3, -0.25) is 54.2 Å². The van der Waals surface area contributed by atoms with E-state index in [1.807, 2.05) is 102 Å². The predicted octanol–water partition coefficient (Wildman–Crippen LogP) is 13.6. The van der Waals surface area contributed by atoms with Crippen LogP contribution in [0.5, 0.6) is 17.2 Å². The van der Waals surface area contributed by atoms with Gasteiger partial charge >= 0.3 is 86.5 Å². The average molecular weight is 2820 g/mol. The van der Waals surface area contributed by atoms with Gasteiger partial charge in [0.2, 0.25) is 17.2 Å². The third-order valence-electron chi connectivity index (χ3n) is 17.2. The van der Waals surface area contributed by atoms with E-state index < -0.39 is 210 Å². The molecule has 8 rings (SSSR count). The zero-order valence-electron chi connectivity index (χ0n) is 61.4. The van der Waals surface area contributed by atoms with Gasteiger partial charge in [0, 0.05) is 68.5 Å². The minimum Gasteiger partial charge on any atom is -0.748 e.